The lowest BCUT2D eigenvalue weighted by Gasteiger charge is -2.33. The number of carbonyl (C=O) groups excluding carboxylic acids is 1. The van der Waals surface area contributed by atoms with Crippen LogP contribution in [0.1, 0.15) is 5.56 Å². The molecule has 0 atom stereocenters. The molecule has 1 aromatic carbocycles. The lowest BCUT2D eigenvalue weighted by molar-refractivity contribution is -0.118. The first kappa shape index (κ1) is 17.7. The first-order valence-corrected chi connectivity index (χ1v) is 8.46. The van der Waals surface area contributed by atoms with Crippen molar-refractivity contribution in [1.82, 2.24) is 9.88 Å². The minimum atomic E-state index is -0.261. The van der Waals surface area contributed by atoms with E-state index in [9.17, 15) is 4.79 Å². The number of piperazine rings is 1. The van der Waals surface area contributed by atoms with Gasteiger partial charge in [0, 0.05) is 26.2 Å². The molecule has 1 fully saturated rings. The van der Waals surface area contributed by atoms with Crippen molar-refractivity contribution >= 4 is 17.4 Å². The molecule has 3 rings (SSSR count). The van der Waals surface area contributed by atoms with E-state index in [1.807, 2.05) is 18.2 Å². The van der Waals surface area contributed by atoms with Gasteiger partial charge in [0.2, 0.25) is 0 Å². The Labute approximate surface area is 152 Å². The number of nitrogens with one attached hydrogen (secondary N) is 1. The Morgan fingerprint density at radius 2 is 1.92 bits per heavy atom. The summed E-state index contributed by atoms with van der Waals surface area (Å²) in [7, 11) is 2.11. The zero-order chi connectivity index (χ0) is 18.4. The second-order valence-corrected chi connectivity index (χ2v) is 6.17. The maximum atomic E-state index is 12.0. The van der Waals surface area contributed by atoms with Crippen molar-refractivity contribution in [2.75, 3.05) is 50.1 Å². The van der Waals surface area contributed by atoms with Gasteiger partial charge < -0.3 is 19.9 Å². The first-order chi connectivity index (χ1) is 12.6. The molecule has 0 bridgehead atoms. The van der Waals surface area contributed by atoms with Crippen molar-refractivity contribution in [3.8, 4) is 11.8 Å². The Kier molecular flexibility index (Phi) is 5.66. The van der Waals surface area contributed by atoms with Crippen molar-refractivity contribution in [2.45, 2.75) is 0 Å². The Balaban J connectivity index is 1.48. The number of benzene rings is 1. The minimum Gasteiger partial charge on any atom is -0.484 e. The molecule has 1 amide bonds. The fourth-order valence-corrected chi connectivity index (χ4v) is 2.65. The first-order valence-electron chi connectivity index (χ1n) is 8.46. The van der Waals surface area contributed by atoms with Gasteiger partial charge in [0.05, 0.1) is 23.5 Å². The highest BCUT2D eigenvalue weighted by atomic mass is 16.5. The third-order valence-electron chi connectivity index (χ3n) is 4.21. The van der Waals surface area contributed by atoms with Gasteiger partial charge in [-0.1, -0.05) is 0 Å². The highest BCUT2D eigenvalue weighted by molar-refractivity contribution is 5.91. The summed E-state index contributed by atoms with van der Waals surface area (Å²) < 4.78 is 5.41. The summed E-state index contributed by atoms with van der Waals surface area (Å²) >= 11 is 0. The molecule has 7 nitrogen and oxygen atoms in total. The Bertz CT molecular complexity index is 775. The molecule has 134 valence electrons. The number of pyridine rings is 1. The summed E-state index contributed by atoms with van der Waals surface area (Å²) in [5, 5.41) is 11.5. The summed E-state index contributed by atoms with van der Waals surface area (Å²) in [5.41, 5.74) is 1.18. The van der Waals surface area contributed by atoms with Crippen LogP contribution in [0.15, 0.2) is 42.6 Å². The van der Waals surface area contributed by atoms with E-state index in [4.69, 9.17) is 10.00 Å². The quantitative estimate of drug-likeness (QED) is 0.883. The molecule has 1 aromatic heterocycles. The van der Waals surface area contributed by atoms with Gasteiger partial charge in [0.15, 0.2) is 6.61 Å². The molecule has 1 aliphatic rings. The van der Waals surface area contributed by atoms with Crippen LogP contribution in [0.3, 0.4) is 0 Å². The normalized spacial score (nSPS) is 14.5. The van der Waals surface area contributed by atoms with Crippen molar-refractivity contribution in [2.24, 2.45) is 0 Å². The van der Waals surface area contributed by atoms with E-state index in [1.54, 1.807) is 30.5 Å². The van der Waals surface area contributed by atoms with Gasteiger partial charge >= 0.3 is 0 Å². The van der Waals surface area contributed by atoms with Crippen LogP contribution < -0.4 is 15.0 Å². The van der Waals surface area contributed by atoms with Crippen molar-refractivity contribution in [3.05, 3.63) is 48.2 Å². The van der Waals surface area contributed by atoms with Crippen LogP contribution in [-0.4, -0.2) is 55.6 Å². The number of rotatable bonds is 5. The van der Waals surface area contributed by atoms with E-state index in [-0.39, 0.29) is 12.5 Å². The van der Waals surface area contributed by atoms with Crippen LogP contribution in [0, 0.1) is 11.3 Å². The second-order valence-electron chi connectivity index (χ2n) is 6.17. The number of ether oxygens (including phenoxy) is 1. The van der Waals surface area contributed by atoms with E-state index in [0.29, 0.717) is 17.0 Å². The summed E-state index contributed by atoms with van der Waals surface area (Å²) in [5.74, 6) is 1.20. The molecule has 0 radical (unpaired) electrons. The third-order valence-corrected chi connectivity index (χ3v) is 4.21. The third kappa shape index (κ3) is 4.71. The molecule has 2 aromatic rings. The summed E-state index contributed by atoms with van der Waals surface area (Å²) in [4.78, 5) is 21.0. The number of nitrogens with zero attached hydrogens (tertiary/aromatic N) is 4. The van der Waals surface area contributed by atoms with E-state index >= 15 is 0 Å². The largest absolute Gasteiger partial charge is 0.484 e. The Hall–Kier alpha value is -3.11. The highest BCUT2D eigenvalue weighted by Gasteiger charge is 2.15. The molecule has 7 heteroatoms. The van der Waals surface area contributed by atoms with Gasteiger partial charge in [0.1, 0.15) is 11.6 Å². The van der Waals surface area contributed by atoms with Gasteiger partial charge in [-0.3, -0.25) is 4.79 Å². The molecule has 26 heavy (non-hydrogen) atoms. The van der Waals surface area contributed by atoms with Gasteiger partial charge in [0.25, 0.3) is 5.91 Å². The predicted molar refractivity (Wildman–Crippen MR) is 99.2 cm³/mol. The molecule has 1 aliphatic heterocycles. The molecule has 1 saturated heterocycles. The molecular weight excluding hydrogens is 330 g/mol. The van der Waals surface area contributed by atoms with Crippen molar-refractivity contribution in [3.63, 3.8) is 0 Å². The van der Waals surface area contributed by atoms with Crippen LogP contribution in [0.5, 0.6) is 5.75 Å². The topological polar surface area (TPSA) is 81.5 Å². The molecule has 1 N–H and O–H groups in total. The molecule has 0 spiro atoms. The summed E-state index contributed by atoms with van der Waals surface area (Å²) in [6, 6.07) is 12.4. The lowest BCUT2D eigenvalue weighted by atomic mass is 10.2. The minimum absolute atomic E-state index is 0.105. The van der Waals surface area contributed by atoms with Crippen LogP contribution in [-0.2, 0) is 4.79 Å². The van der Waals surface area contributed by atoms with E-state index in [2.05, 4.69) is 27.1 Å². The standard InChI is InChI=1S/C19H21N5O2/c1-23-8-10-24(11-9-23)18-7-4-16(13-21-18)22-19(25)14-26-17-5-2-15(12-20)3-6-17/h2-7,13H,8-11,14H2,1H3,(H,22,25). The number of hydrogen-bond acceptors (Lipinski definition) is 6. The molecule has 0 aliphatic carbocycles. The number of aromatic nitrogens is 1. The van der Waals surface area contributed by atoms with Crippen LogP contribution >= 0.6 is 0 Å². The van der Waals surface area contributed by atoms with Crippen molar-refractivity contribution in [1.29, 1.82) is 5.26 Å². The van der Waals surface area contributed by atoms with Gasteiger partial charge in [-0.05, 0) is 43.4 Å². The maximum Gasteiger partial charge on any atom is 0.262 e. The van der Waals surface area contributed by atoms with E-state index in [1.165, 1.54) is 0 Å². The fourth-order valence-electron chi connectivity index (χ4n) is 2.65. The van der Waals surface area contributed by atoms with Gasteiger partial charge in [-0.15, -0.1) is 0 Å². The number of likely N-dealkylation sites (N-methyl/N-ethyl adjacent to an activating group) is 1. The van der Waals surface area contributed by atoms with Crippen molar-refractivity contribution < 1.29 is 9.53 Å². The molecule has 0 unspecified atom stereocenters. The zero-order valence-corrected chi connectivity index (χ0v) is 14.7. The molecule has 2 heterocycles. The average Bonchev–Trinajstić information content (AvgIpc) is 2.68. The summed E-state index contributed by atoms with van der Waals surface area (Å²) in [6.07, 6.45) is 1.66. The van der Waals surface area contributed by atoms with Gasteiger partial charge in [-0.25, -0.2) is 4.98 Å². The lowest BCUT2D eigenvalue weighted by Crippen LogP contribution is -2.44. The van der Waals surface area contributed by atoms with Crippen LogP contribution in [0.2, 0.25) is 0 Å². The Morgan fingerprint density at radius 3 is 2.54 bits per heavy atom. The molecule has 0 saturated carbocycles. The fraction of sp³-hybridized carbons (Fsp3) is 0.316. The second kappa shape index (κ2) is 8.32. The SMILES string of the molecule is CN1CCN(c2ccc(NC(=O)COc3ccc(C#N)cc3)cn2)CC1. The number of carbonyl (C=O) groups is 1. The predicted octanol–water partition coefficient (Wildman–Crippen LogP) is 1.72. The number of hydrogen-bond donors (Lipinski definition) is 1. The number of anilines is 2. The van der Waals surface area contributed by atoms with E-state index < -0.39 is 0 Å². The Morgan fingerprint density at radius 1 is 1.19 bits per heavy atom. The zero-order valence-electron chi connectivity index (χ0n) is 14.7. The maximum absolute atomic E-state index is 12.0. The number of nitriles is 1. The number of amides is 1. The monoisotopic (exact) mass is 351 g/mol. The molecular formula is C19H21N5O2. The average molecular weight is 351 g/mol. The smallest absolute Gasteiger partial charge is 0.262 e. The van der Waals surface area contributed by atoms with Gasteiger partial charge in [-0.2, -0.15) is 5.26 Å². The highest BCUT2D eigenvalue weighted by Crippen LogP contribution is 2.16. The van der Waals surface area contributed by atoms with E-state index in [0.717, 1.165) is 32.0 Å². The van der Waals surface area contributed by atoms with Crippen LogP contribution in [0.25, 0.3) is 0 Å². The van der Waals surface area contributed by atoms with Crippen LogP contribution in [0.4, 0.5) is 11.5 Å². The summed E-state index contributed by atoms with van der Waals surface area (Å²) in [6.45, 7) is 3.84.